The maximum absolute atomic E-state index is 14.2. The average Bonchev–Trinajstić information content (AvgIpc) is 2.64. The summed E-state index contributed by atoms with van der Waals surface area (Å²) in [6, 6.07) is 7.33. The van der Waals surface area contributed by atoms with Crippen LogP contribution in [-0.4, -0.2) is 22.1 Å². The van der Waals surface area contributed by atoms with Crippen LogP contribution in [0.3, 0.4) is 0 Å². The highest BCUT2D eigenvalue weighted by molar-refractivity contribution is 5.85. The number of pyridine rings is 2. The number of alkyl halides is 3. The lowest BCUT2D eigenvalue weighted by atomic mass is 9.89. The van der Waals surface area contributed by atoms with Gasteiger partial charge in [0.15, 0.2) is 0 Å². The van der Waals surface area contributed by atoms with Crippen molar-refractivity contribution in [1.29, 1.82) is 0 Å². The molecule has 1 aromatic carbocycles. The molecule has 0 atom stereocenters. The minimum Gasteiger partial charge on any atom is -0.490 e. The lowest BCUT2D eigenvalue weighted by Gasteiger charge is -2.36. The van der Waals surface area contributed by atoms with Crippen LogP contribution in [-0.2, 0) is 12.7 Å². The first-order chi connectivity index (χ1) is 13.4. The summed E-state index contributed by atoms with van der Waals surface area (Å²) in [6.07, 6.45) is 1.00. The van der Waals surface area contributed by atoms with Crippen LogP contribution in [0.4, 0.5) is 17.6 Å². The Bertz CT molecular complexity index is 993. The normalized spacial score (nSPS) is 18.8. The predicted molar refractivity (Wildman–Crippen MR) is 102 cm³/mol. The van der Waals surface area contributed by atoms with Crippen molar-refractivity contribution in [3.63, 3.8) is 0 Å². The van der Waals surface area contributed by atoms with Gasteiger partial charge >= 0.3 is 6.18 Å². The number of hydrogen-bond donors (Lipinski definition) is 1. The zero-order valence-corrected chi connectivity index (χ0v) is 15.9. The average molecular weight is 428 g/mol. The van der Waals surface area contributed by atoms with E-state index in [-0.39, 0.29) is 36.1 Å². The van der Waals surface area contributed by atoms with E-state index in [0.29, 0.717) is 24.9 Å². The number of nitrogens with one attached hydrogen (secondary N) is 1. The molecular weight excluding hydrogens is 410 g/mol. The van der Waals surface area contributed by atoms with Crippen molar-refractivity contribution in [1.82, 2.24) is 15.3 Å². The number of benzene rings is 1. The molecule has 1 aliphatic carbocycles. The highest BCUT2D eigenvalue weighted by Crippen LogP contribution is 2.32. The summed E-state index contributed by atoms with van der Waals surface area (Å²) in [7, 11) is 0. The standard InChI is InChI=1S/C20H17F4N3O.ClH/c21-18-2-1-12-10-25-5-4-16(12)17(18)11-27-13-7-15(8-13)28-14-3-6-26-19(9-14)20(22,23)24;/h1-6,9-10,13,15,27H,7-8,11H2;1H. The van der Waals surface area contributed by atoms with Gasteiger partial charge in [-0.05, 0) is 42.5 Å². The first-order valence-corrected chi connectivity index (χ1v) is 8.84. The van der Waals surface area contributed by atoms with Gasteiger partial charge in [0.1, 0.15) is 23.4 Å². The molecule has 0 radical (unpaired) electrons. The van der Waals surface area contributed by atoms with Gasteiger partial charge in [0.25, 0.3) is 0 Å². The van der Waals surface area contributed by atoms with Gasteiger partial charge in [-0.25, -0.2) is 4.39 Å². The van der Waals surface area contributed by atoms with Crippen LogP contribution >= 0.6 is 12.4 Å². The van der Waals surface area contributed by atoms with E-state index in [1.807, 2.05) is 0 Å². The fraction of sp³-hybridized carbons (Fsp3) is 0.300. The quantitative estimate of drug-likeness (QED) is 0.588. The third kappa shape index (κ3) is 4.76. The Hall–Kier alpha value is -2.45. The molecule has 0 aliphatic heterocycles. The molecule has 0 saturated heterocycles. The van der Waals surface area contributed by atoms with Crippen molar-refractivity contribution in [2.45, 2.75) is 37.7 Å². The van der Waals surface area contributed by atoms with Crippen LogP contribution in [0.2, 0.25) is 0 Å². The van der Waals surface area contributed by atoms with Crippen LogP contribution in [0.15, 0.2) is 48.9 Å². The van der Waals surface area contributed by atoms with Crippen LogP contribution < -0.4 is 10.1 Å². The van der Waals surface area contributed by atoms with E-state index in [1.54, 1.807) is 24.5 Å². The van der Waals surface area contributed by atoms with Crippen LogP contribution in [0.1, 0.15) is 24.1 Å². The van der Waals surface area contributed by atoms with E-state index in [0.717, 1.165) is 23.0 Å². The molecule has 154 valence electrons. The van der Waals surface area contributed by atoms with Crippen molar-refractivity contribution < 1.29 is 22.3 Å². The largest absolute Gasteiger partial charge is 0.490 e. The van der Waals surface area contributed by atoms with E-state index in [1.165, 1.54) is 12.1 Å². The molecular formula is C20H18ClF4N3O. The summed E-state index contributed by atoms with van der Waals surface area (Å²) in [4.78, 5) is 7.36. The molecule has 2 heterocycles. The van der Waals surface area contributed by atoms with E-state index >= 15 is 0 Å². The van der Waals surface area contributed by atoms with Crippen LogP contribution in [0.25, 0.3) is 10.8 Å². The highest BCUT2D eigenvalue weighted by Gasteiger charge is 2.34. The Balaban J connectivity index is 0.00000240. The lowest BCUT2D eigenvalue weighted by Crippen LogP contribution is -2.46. The number of fused-ring (bicyclic) bond motifs is 1. The summed E-state index contributed by atoms with van der Waals surface area (Å²) >= 11 is 0. The summed E-state index contributed by atoms with van der Waals surface area (Å²) in [5, 5.41) is 4.97. The van der Waals surface area contributed by atoms with Gasteiger partial charge < -0.3 is 10.1 Å². The fourth-order valence-corrected chi connectivity index (χ4v) is 3.29. The number of ether oxygens (including phenoxy) is 1. The third-order valence-electron chi connectivity index (χ3n) is 4.86. The lowest BCUT2D eigenvalue weighted by molar-refractivity contribution is -0.141. The van der Waals surface area contributed by atoms with Gasteiger partial charge in [0, 0.05) is 48.2 Å². The minimum absolute atomic E-state index is 0. The van der Waals surface area contributed by atoms with Crippen LogP contribution in [0.5, 0.6) is 5.75 Å². The second kappa shape index (κ2) is 8.51. The smallest absolute Gasteiger partial charge is 0.433 e. The van der Waals surface area contributed by atoms with Crippen molar-refractivity contribution in [3.05, 3.63) is 66.0 Å². The number of halogens is 5. The molecule has 0 bridgehead atoms. The van der Waals surface area contributed by atoms with Crippen LogP contribution in [0, 0.1) is 5.82 Å². The Morgan fingerprint density at radius 2 is 1.90 bits per heavy atom. The summed E-state index contributed by atoms with van der Waals surface area (Å²) < 4.78 is 57.9. The van der Waals surface area contributed by atoms with Gasteiger partial charge in [-0.1, -0.05) is 0 Å². The topological polar surface area (TPSA) is 47.0 Å². The molecule has 29 heavy (non-hydrogen) atoms. The second-order valence-corrected chi connectivity index (χ2v) is 6.79. The number of aromatic nitrogens is 2. The number of rotatable bonds is 5. The summed E-state index contributed by atoms with van der Waals surface area (Å²) in [6.45, 7) is 0.359. The molecule has 1 N–H and O–H groups in total. The van der Waals surface area contributed by atoms with E-state index in [2.05, 4.69) is 15.3 Å². The van der Waals surface area contributed by atoms with E-state index in [9.17, 15) is 17.6 Å². The van der Waals surface area contributed by atoms with Gasteiger partial charge in [-0.15, -0.1) is 12.4 Å². The van der Waals surface area contributed by atoms with E-state index < -0.39 is 11.9 Å². The first-order valence-electron chi connectivity index (χ1n) is 8.84. The summed E-state index contributed by atoms with van der Waals surface area (Å²) in [5.41, 5.74) is -0.395. The molecule has 9 heteroatoms. The maximum atomic E-state index is 14.2. The van der Waals surface area contributed by atoms with Crippen molar-refractivity contribution >= 4 is 23.2 Å². The monoisotopic (exact) mass is 427 g/mol. The molecule has 4 rings (SSSR count). The van der Waals surface area contributed by atoms with Crippen molar-refractivity contribution in [3.8, 4) is 5.75 Å². The van der Waals surface area contributed by atoms with Gasteiger partial charge in [0.05, 0.1) is 0 Å². The van der Waals surface area contributed by atoms with Gasteiger partial charge in [-0.3, -0.25) is 9.97 Å². The van der Waals surface area contributed by atoms with Crippen molar-refractivity contribution in [2.24, 2.45) is 0 Å². The fourth-order valence-electron chi connectivity index (χ4n) is 3.29. The molecule has 2 aromatic heterocycles. The SMILES string of the molecule is Cl.Fc1ccc2cnccc2c1CNC1CC(Oc2ccnc(C(F)(F)F)c2)C1. The maximum Gasteiger partial charge on any atom is 0.433 e. The molecule has 3 aromatic rings. The Labute approximate surface area is 170 Å². The molecule has 1 fully saturated rings. The number of hydrogen-bond acceptors (Lipinski definition) is 4. The third-order valence-corrected chi connectivity index (χ3v) is 4.86. The van der Waals surface area contributed by atoms with Gasteiger partial charge in [-0.2, -0.15) is 13.2 Å². The Morgan fingerprint density at radius 1 is 1.10 bits per heavy atom. The Morgan fingerprint density at radius 3 is 2.66 bits per heavy atom. The highest BCUT2D eigenvalue weighted by atomic mass is 35.5. The zero-order valence-electron chi connectivity index (χ0n) is 15.1. The zero-order chi connectivity index (χ0) is 19.7. The molecule has 0 spiro atoms. The summed E-state index contributed by atoms with van der Waals surface area (Å²) in [5.74, 6) is -0.131. The van der Waals surface area contributed by atoms with Gasteiger partial charge in [0.2, 0.25) is 0 Å². The molecule has 4 nitrogen and oxygen atoms in total. The first kappa shape index (κ1) is 21.3. The minimum atomic E-state index is -4.50. The van der Waals surface area contributed by atoms with Crippen molar-refractivity contribution in [2.75, 3.05) is 0 Å². The molecule has 1 saturated carbocycles. The Kier molecular flexibility index (Phi) is 6.24. The second-order valence-electron chi connectivity index (χ2n) is 6.79. The number of nitrogens with zero attached hydrogens (tertiary/aromatic N) is 2. The molecule has 0 unspecified atom stereocenters. The molecule has 1 aliphatic rings. The van der Waals surface area contributed by atoms with E-state index in [4.69, 9.17) is 4.74 Å². The predicted octanol–water partition coefficient (Wildman–Crippen LogP) is 4.91. The molecule has 0 amide bonds.